The van der Waals surface area contributed by atoms with E-state index in [4.69, 9.17) is 16.3 Å². The van der Waals surface area contributed by atoms with Gasteiger partial charge >= 0.3 is 5.97 Å². The van der Waals surface area contributed by atoms with Gasteiger partial charge in [0.15, 0.2) is 0 Å². The van der Waals surface area contributed by atoms with Gasteiger partial charge < -0.3 is 4.74 Å². The fraction of sp³-hybridized carbons (Fsp3) is 0.273. The summed E-state index contributed by atoms with van der Waals surface area (Å²) in [6.45, 7) is 2.05. The molecular weight excluding hydrogens is 295 g/mol. The Balaban J connectivity index is 3.02. The van der Waals surface area contributed by atoms with E-state index in [2.05, 4.69) is 15.9 Å². The highest BCUT2D eigenvalue weighted by atomic mass is 79.9. The van der Waals surface area contributed by atoms with Crippen LogP contribution < -0.4 is 0 Å². The van der Waals surface area contributed by atoms with Gasteiger partial charge in [0.2, 0.25) is 0 Å². The summed E-state index contributed by atoms with van der Waals surface area (Å²) in [7, 11) is 0. The second kappa shape index (κ2) is 6.01. The molecule has 0 aliphatic heterocycles. The Morgan fingerprint density at radius 1 is 1.56 bits per heavy atom. The van der Waals surface area contributed by atoms with Gasteiger partial charge in [0.25, 0.3) is 0 Å². The van der Waals surface area contributed by atoms with Crippen LogP contribution in [0.4, 0.5) is 0 Å². The monoisotopic (exact) mass is 304 g/mol. The van der Waals surface area contributed by atoms with Crippen LogP contribution in [-0.2, 0) is 16.0 Å². The molecule has 0 aliphatic rings. The van der Waals surface area contributed by atoms with E-state index in [9.17, 15) is 9.59 Å². The SMILES string of the molecule is CCOC(=O)Cc1c(Br)cc(Cl)cc1C=O. The molecule has 1 aromatic carbocycles. The van der Waals surface area contributed by atoms with Gasteiger partial charge in [-0.2, -0.15) is 0 Å². The van der Waals surface area contributed by atoms with Gasteiger partial charge in [0, 0.05) is 15.1 Å². The third kappa shape index (κ3) is 3.32. The number of halogens is 2. The van der Waals surface area contributed by atoms with E-state index in [0.717, 1.165) is 0 Å². The summed E-state index contributed by atoms with van der Waals surface area (Å²) < 4.78 is 5.46. The zero-order valence-electron chi connectivity index (χ0n) is 8.63. The molecule has 0 atom stereocenters. The van der Waals surface area contributed by atoms with Crippen molar-refractivity contribution in [1.29, 1.82) is 0 Å². The summed E-state index contributed by atoms with van der Waals surface area (Å²) in [6, 6.07) is 3.16. The maximum Gasteiger partial charge on any atom is 0.310 e. The average Bonchev–Trinajstić information content (AvgIpc) is 2.22. The van der Waals surface area contributed by atoms with Crippen LogP contribution in [0.3, 0.4) is 0 Å². The number of hydrogen-bond donors (Lipinski definition) is 0. The maximum absolute atomic E-state index is 11.3. The Morgan fingerprint density at radius 2 is 2.25 bits per heavy atom. The van der Waals surface area contributed by atoms with Gasteiger partial charge in [-0.05, 0) is 24.6 Å². The average molecular weight is 306 g/mol. The van der Waals surface area contributed by atoms with E-state index >= 15 is 0 Å². The molecule has 0 saturated heterocycles. The number of benzene rings is 1. The summed E-state index contributed by atoms with van der Waals surface area (Å²) in [4.78, 5) is 22.2. The van der Waals surface area contributed by atoms with Gasteiger partial charge in [-0.1, -0.05) is 27.5 Å². The molecule has 16 heavy (non-hydrogen) atoms. The second-order valence-electron chi connectivity index (χ2n) is 3.06. The molecule has 0 fully saturated rings. The Kier molecular flexibility index (Phi) is 4.96. The molecule has 0 aromatic heterocycles. The first-order valence-electron chi connectivity index (χ1n) is 4.67. The number of carbonyl (C=O) groups is 2. The summed E-state index contributed by atoms with van der Waals surface area (Å²) in [5, 5.41) is 0.446. The Morgan fingerprint density at radius 3 is 2.81 bits per heavy atom. The molecule has 0 saturated carbocycles. The highest BCUT2D eigenvalue weighted by molar-refractivity contribution is 9.10. The fourth-order valence-corrected chi connectivity index (χ4v) is 2.25. The smallest absolute Gasteiger partial charge is 0.310 e. The second-order valence-corrected chi connectivity index (χ2v) is 4.35. The predicted molar refractivity (Wildman–Crippen MR) is 64.9 cm³/mol. The van der Waals surface area contributed by atoms with Crippen molar-refractivity contribution in [2.75, 3.05) is 6.61 Å². The molecule has 0 aliphatic carbocycles. The first kappa shape index (κ1) is 13.2. The number of hydrogen-bond acceptors (Lipinski definition) is 3. The van der Waals surface area contributed by atoms with E-state index in [-0.39, 0.29) is 12.4 Å². The third-order valence-corrected chi connectivity index (χ3v) is 2.87. The lowest BCUT2D eigenvalue weighted by atomic mass is 10.1. The van der Waals surface area contributed by atoms with Crippen molar-refractivity contribution in [3.63, 3.8) is 0 Å². The van der Waals surface area contributed by atoms with Crippen molar-refractivity contribution in [1.82, 2.24) is 0 Å². The normalized spacial score (nSPS) is 9.94. The van der Waals surface area contributed by atoms with Gasteiger partial charge in [0.05, 0.1) is 13.0 Å². The minimum atomic E-state index is -0.367. The number of ether oxygens (including phenoxy) is 1. The highest BCUT2D eigenvalue weighted by Crippen LogP contribution is 2.25. The third-order valence-electron chi connectivity index (χ3n) is 1.95. The van der Waals surface area contributed by atoms with Gasteiger partial charge in [-0.3, -0.25) is 9.59 Å². The van der Waals surface area contributed by atoms with Crippen LogP contribution in [0.2, 0.25) is 5.02 Å². The van der Waals surface area contributed by atoms with Crippen LogP contribution in [0.15, 0.2) is 16.6 Å². The summed E-state index contributed by atoms with van der Waals surface area (Å²) >= 11 is 9.06. The van der Waals surface area contributed by atoms with Crippen LogP contribution in [0.5, 0.6) is 0 Å². The largest absolute Gasteiger partial charge is 0.466 e. The Hall–Kier alpha value is -0.870. The lowest BCUT2D eigenvalue weighted by Crippen LogP contribution is -2.09. The molecule has 0 amide bonds. The van der Waals surface area contributed by atoms with Crippen LogP contribution in [0.25, 0.3) is 0 Å². The number of carbonyl (C=O) groups excluding carboxylic acids is 2. The Labute approximate surface area is 107 Å². The zero-order chi connectivity index (χ0) is 12.1. The summed E-state index contributed by atoms with van der Waals surface area (Å²) in [5.74, 6) is -0.367. The van der Waals surface area contributed by atoms with Crippen molar-refractivity contribution in [3.8, 4) is 0 Å². The number of aldehydes is 1. The molecular formula is C11H10BrClO3. The topological polar surface area (TPSA) is 43.4 Å². The summed E-state index contributed by atoms with van der Waals surface area (Å²) in [6.07, 6.45) is 0.727. The van der Waals surface area contributed by atoms with Crippen molar-refractivity contribution in [2.45, 2.75) is 13.3 Å². The molecule has 0 bridgehead atoms. The molecule has 0 unspecified atom stereocenters. The van der Waals surface area contributed by atoms with Gasteiger partial charge in [-0.15, -0.1) is 0 Å². The van der Waals surface area contributed by atoms with Crippen LogP contribution in [-0.4, -0.2) is 18.9 Å². The molecule has 86 valence electrons. The fourth-order valence-electron chi connectivity index (χ4n) is 1.27. The van der Waals surface area contributed by atoms with E-state index in [1.165, 1.54) is 6.07 Å². The van der Waals surface area contributed by atoms with E-state index in [1.807, 2.05) is 0 Å². The van der Waals surface area contributed by atoms with Crippen molar-refractivity contribution >= 4 is 39.8 Å². The van der Waals surface area contributed by atoms with Crippen molar-refractivity contribution in [3.05, 3.63) is 32.8 Å². The molecule has 5 heteroatoms. The van der Waals surface area contributed by atoms with Crippen LogP contribution >= 0.6 is 27.5 Å². The maximum atomic E-state index is 11.3. The van der Waals surface area contributed by atoms with Gasteiger partial charge in [0.1, 0.15) is 6.29 Å². The lowest BCUT2D eigenvalue weighted by molar-refractivity contribution is -0.142. The van der Waals surface area contributed by atoms with E-state index in [1.54, 1.807) is 13.0 Å². The first-order valence-corrected chi connectivity index (χ1v) is 5.84. The first-order chi connectivity index (χ1) is 7.58. The molecule has 3 nitrogen and oxygen atoms in total. The highest BCUT2D eigenvalue weighted by Gasteiger charge is 2.13. The molecule has 0 radical (unpaired) electrons. The van der Waals surface area contributed by atoms with Crippen LogP contribution in [0, 0.1) is 0 Å². The molecule has 1 aromatic rings. The zero-order valence-corrected chi connectivity index (χ0v) is 11.0. The minimum absolute atomic E-state index is 0.0552. The predicted octanol–water partition coefficient (Wildman–Crippen LogP) is 3.02. The summed E-state index contributed by atoms with van der Waals surface area (Å²) in [5.41, 5.74) is 0.991. The van der Waals surface area contributed by atoms with Crippen molar-refractivity contribution in [2.24, 2.45) is 0 Å². The number of rotatable bonds is 4. The lowest BCUT2D eigenvalue weighted by Gasteiger charge is -2.08. The van der Waals surface area contributed by atoms with Gasteiger partial charge in [-0.25, -0.2) is 0 Å². The molecule has 0 heterocycles. The van der Waals surface area contributed by atoms with Crippen LogP contribution in [0.1, 0.15) is 22.8 Å². The van der Waals surface area contributed by atoms with E-state index in [0.29, 0.717) is 33.5 Å². The standard InChI is InChI=1S/C11H10BrClO3/c1-2-16-11(15)5-9-7(6-14)3-8(13)4-10(9)12/h3-4,6H,2,5H2,1H3. The molecule has 0 spiro atoms. The quantitative estimate of drug-likeness (QED) is 0.634. The molecule has 0 N–H and O–H groups in total. The molecule has 1 rings (SSSR count). The van der Waals surface area contributed by atoms with Crippen molar-refractivity contribution < 1.29 is 14.3 Å². The minimum Gasteiger partial charge on any atom is -0.466 e. The van der Waals surface area contributed by atoms with E-state index < -0.39 is 0 Å². The Bertz CT molecular complexity index is 418. The number of esters is 1.